The Morgan fingerprint density at radius 3 is 2.50 bits per heavy atom. The predicted molar refractivity (Wildman–Crippen MR) is 103 cm³/mol. The molecule has 0 amide bonds. The molecule has 0 aliphatic heterocycles. The van der Waals surface area contributed by atoms with E-state index in [1.807, 2.05) is 18.2 Å². The molecule has 0 saturated carbocycles. The van der Waals surface area contributed by atoms with Crippen molar-refractivity contribution in [3.63, 3.8) is 0 Å². The molecule has 0 spiro atoms. The summed E-state index contributed by atoms with van der Waals surface area (Å²) in [4.78, 5) is 0. The second-order valence-corrected chi connectivity index (χ2v) is 7.02. The summed E-state index contributed by atoms with van der Waals surface area (Å²) in [5.41, 5.74) is 4.56. The Bertz CT molecular complexity index is 703. The summed E-state index contributed by atoms with van der Waals surface area (Å²) < 4.78 is 0.936. The van der Waals surface area contributed by atoms with Crippen LogP contribution in [0.25, 0.3) is 0 Å². The first-order valence-electron chi connectivity index (χ1n) is 6.96. The van der Waals surface area contributed by atoms with Crippen LogP contribution in [0.4, 0.5) is 5.69 Å². The SMILES string of the molecule is Cc1ccc(C(C)NC(=S)Nc2ccc(Br)cc2Cl)cc1C. The van der Waals surface area contributed by atoms with Crippen molar-refractivity contribution in [1.82, 2.24) is 5.32 Å². The summed E-state index contributed by atoms with van der Waals surface area (Å²) >= 11 is 14.9. The van der Waals surface area contributed by atoms with E-state index in [0.29, 0.717) is 10.1 Å². The summed E-state index contributed by atoms with van der Waals surface area (Å²) in [7, 11) is 0. The Balaban J connectivity index is 2.03. The molecule has 5 heteroatoms. The van der Waals surface area contributed by atoms with E-state index in [4.69, 9.17) is 23.8 Å². The highest BCUT2D eigenvalue weighted by molar-refractivity contribution is 9.10. The van der Waals surface area contributed by atoms with Gasteiger partial charge in [0.1, 0.15) is 0 Å². The minimum atomic E-state index is 0.119. The van der Waals surface area contributed by atoms with Gasteiger partial charge >= 0.3 is 0 Å². The van der Waals surface area contributed by atoms with Crippen molar-refractivity contribution < 1.29 is 0 Å². The second kappa shape index (κ2) is 7.44. The molecule has 0 fully saturated rings. The van der Waals surface area contributed by atoms with E-state index in [1.54, 1.807) is 0 Å². The molecule has 0 aliphatic rings. The molecule has 22 heavy (non-hydrogen) atoms. The van der Waals surface area contributed by atoms with Gasteiger partial charge in [0.2, 0.25) is 0 Å². The summed E-state index contributed by atoms with van der Waals surface area (Å²) in [6.07, 6.45) is 0. The quantitative estimate of drug-likeness (QED) is 0.643. The van der Waals surface area contributed by atoms with E-state index in [2.05, 4.69) is 65.5 Å². The van der Waals surface area contributed by atoms with Crippen LogP contribution in [0.15, 0.2) is 40.9 Å². The lowest BCUT2D eigenvalue weighted by molar-refractivity contribution is 0.721. The Morgan fingerprint density at radius 2 is 1.86 bits per heavy atom. The molecule has 0 radical (unpaired) electrons. The van der Waals surface area contributed by atoms with Gasteiger partial charge in [-0.25, -0.2) is 0 Å². The van der Waals surface area contributed by atoms with E-state index in [-0.39, 0.29) is 6.04 Å². The number of nitrogens with one attached hydrogen (secondary N) is 2. The molecule has 0 bridgehead atoms. The molecule has 0 aromatic heterocycles. The van der Waals surface area contributed by atoms with Crippen LogP contribution in [0.5, 0.6) is 0 Å². The first-order valence-corrected chi connectivity index (χ1v) is 8.54. The van der Waals surface area contributed by atoms with Crippen molar-refractivity contribution in [2.75, 3.05) is 5.32 Å². The van der Waals surface area contributed by atoms with Crippen molar-refractivity contribution in [3.05, 3.63) is 62.6 Å². The van der Waals surface area contributed by atoms with E-state index in [9.17, 15) is 0 Å². The van der Waals surface area contributed by atoms with Gasteiger partial charge in [-0.3, -0.25) is 0 Å². The Morgan fingerprint density at radius 1 is 1.14 bits per heavy atom. The minimum Gasteiger partial charge on any atom is -0.356 e. The van der Waals surface area contributed by atoms with Gasteiger partial charge in [0.15, 0.2) is 5.11 Å². The molecular formula is C17H18BrClN2S. The molecule has 2 aromatic carbocycles. The topological polar surface area (TPSA) is 24.1 Å². The van der Waals surface area contributed by atoms with Crippen LogP contribution in [-0.4, -0.2) is 5.11 Å². The van der Waals surface area contributed by atoms with Gasteiger partial charge in [-0.2, -0.15) is 0 Å². The lowest BCUT2D eigenvalue weighted by Gasteiger charge is -2.19. The zero-order valence-electron chi connectivity index (χ0n) is 12.7. The van der Waals surface area contributed by atoms with Gasteiger partial charge in [0.05, 0.1) is 16.8 Å². The second-order valence-electron chi connectivity index (χ2n) is 5.29. The maximum absolute atomic E-state index is 6.19. The normalized spacial score (nSPS) is 11.9. The number of halogens is 2. The number of benzene rings is 2. The van der Waals surface area contributed by atoms with Crippen LogP contribution in [-0.2, 0) is 0 Å². The van der Waals surface area contributed by atoms with E-state index in [0.717, 1.165) is 10.2 Å². The molecule has 0 heterocycles. The number of aryl methyl sites for hydroxylation is 2. The van der Waals surface area contributed by atoms with Crippen LogP contribution in [0.3, 0.4) is 0 Å². The number of rotatable bonds is 3. The van der Waals surface area contributed by atoms with Crippen LogP contribution < -0.4 is 10.6 Å². The predicted octanol–water partition coefficient (Wildman–Crippen LogP) is 5.77. The van der Waals surface area contributed by atoms with Crippen molar-refractivity contribution >= 4 is 50.5 Å². The van der Waals surface area contributed by atoms with Crippen LogP contribution in [0.1, 0.15) is 29.7 Å². The van der Waals surface area contributed by atoms with Crippen molar-refractivity contribution in [1.29, 1.82) is 0 Å². The van der Waals surface area contributed by atoms with Gasteiger partial charge in [-0.05, 0) is 67.9 Å². The van der Waals surface area contributed by atoms with E-state index >= 15 is 0 Å². The highest BCUT2D eigenvalue weighted by Gasteiger charge is 2.09. The third kappa shape index (κ3) is 4.45. The standard InChI is InChI=1S/C17H18BrClN2S/c1-10-4-5-13(8-11(10)2)12(3)20-17(22)21-16-7-6-14(18)9-15(16)19/h4-9,12H,1-3H3,(H2,20,21,22). The van der Waals surface area contributed by atoms with Crippen molar-refractivity contribution in [2.45, 2.75) is 26.8 Å². The van der Waals surface area contributed by atoms with Crippen LogP contribution in [0, 0.1) is 13.8 Å². The van der Waals surface area contributed by atoms with E-state index < -0.39 is 0 Å². The van der Waals surface area contributed by atoms with Crippen molar-refractivity contribution in [3.8, 4) is 0 Å². The largest absolute Gasteiger partial charge is 0.356 e. The molecule has 116 valence electrons. The average Bonchev–Trinajstić information content (AvgIpc) is 2.45. The molecule has 2 rings (SSSR count). The highest BCUT2D eigenvalue weighted by atomic mass is 79.9. The first kappa shape index (κ1) is 17.3. The molecule has 2 nitrogen and oxygen atoms in total. The van der Waals surface area contributed by atoms with Gasteiger partial charge < -0.3 is 10.6 Å². The average molecular weight is 398 g/mol. The third-order valence-electron chi connectivity index (χ3n) is 3.56. The van der Waals surface area contributed by atoms with Gasteiger partial charge in [0, 0.05) is 4.47 Å². The lowest BCUT2D eigenvalue weighted by atomic mass is 10.0. The minimum absolute atomic E-state index is 0.119. The molecule has 0 saturated heterocycles. The fourth-order valence-corrected chi connectivity index (χ4v) is 3.07. The van der Waals surface area contributed by atoms with Gasteiger partial charge in [-0.1, -0.05) is 45.7 Å². The number of hydrogen-bond donors (Lipinski definition) is 2. The maximum Gasteiger partial charge on any atom is 0.171 e. The molecule has 2 aromatic rings. The number of hydrogen-bond acceptors (Lipinski definition) is 1. The number of thiocarbonyl (C=S) groups is 1. The third-order valence-corrected chi connectivity index (χ3v) is 4.58. The molecule has 1 unspecified atom stereocenters. The summed E-state index contributed by atoms with van der Waals surface area (Å²) in [5, 5.41) is 7.59. The smallest absolute Gasteiger partial charge is 0.171 e. The first-order chi connectivity index (χ1) is 10.4. The van der Waals surface area contributed by atoms with Gasteiger partial charge in [-0.15, -0.1) is 0 Å². The molecule has 0 aliphatic carbocycles. The molecule has 2 N–H and O–H groups in total. The monoisotopic (exact) mass is 396 g/mol. The molecular weight excluding hydrogens is 380 g/mol. The fourth-order valence-electron chi connectivity index (χ4n) is 2.06. The zero-order valence-corrected chi connectivity index (χ0v) is 15.9. The van der Waals surface area contributed by atoms with E-state index in [1.165, 1.54) is 16.7 Å². The van der Waals surface area contributed by atoms with Crippen LogP contribution >= 0.6 is 39.7 Å². The Labute approximate surface area is 150 Å². The maximum atomic E-state index is 6.19. The Hall–Kier alpha value is -1.10. The lowest BCUT2D eigenvalue weighted by Crippen LogP contribution is -2.31. The summed E-state index contributed by atoms with van der Waals surface area (Å²) in [6.45, 7) is 6.31. The summed E-state index contributed by atoms with van der Waals surface area (Å²) in [6, 6.07) is 12.2. The Kier molecular flexibility index (Phi) is 5.84. The highest BCUT2D eigenvalue weighted by Crippen LogP contribution is 2.25. The van der Waals surface area contributed by atoms with Crippen molar-refractivity contribution in [2.24, 2.45) is 0 Å². The molecule has 1 atom stereocenters. The summed E-state index contributed by atoms with van der Waals surface area (Å²) in [5.74, 6) is 0. The number of anilines is 1. The zero-order chi connectivity index (χ0) is 16.3. The fraction of sp³-hybridized carbons (Fsp3) is 0.235. The van der Waals surface area contributed by atoms with Gasteiger partial charge in [0.25, 0.3) is 0 Å². The van der Waals surface area contributed by atoms with Crippen LogP contribution in [0.2, 0.25) is 5.02 Å².